The topological polar surface area (TPSA) is 55.1 Å². The molecule has 3 nitrogen and oxygen atoms in total. The van der Waals surface area contributed by atoms with Crippen molar-refractivity contribution in [3.05, 3.63) is 71.8 Å². The van der Waals surface area contributed by atoms with Gasteiger partial charge in [0.2, 0.25) is 0 Å². The van der Waals surface area contributed by atoms with Crippen molar-refractivity contribution in [3.63, 3.8) is 0 Å². The van der Waals surface area contributed by atoms with Crippen LogP contribution >= 0.6 is 0 Å². The molecule has 0 saturated carbocycles. The van der Waals surface area contributed by atoms with Gasteiger partial charge in [-0.05, 0) is 17.7 Å². The zero-order valence-electron chi connectivity index (χ0n) is 9.34. The van der Waals surface area contributed by atoms with Crippen LogP contribution < -0.4 is 11.1 Å². The third-order valence-electron chi connectivity index (χ3n) is 2.48. The summed E-state index contributed by atoms with van der Waals surface area (Å²) in [5, 5.41) is 2.75. The lowest BCUT2D eigenvalue weighted by molar-refractivity contribution is 0.0938. The fourth-order valence-electron chi connectivity index (χ4n) is 1.56. The summed E-state index contributed by atoms with van der Waals surface area (Å²) < 4.78 is 0. The Balaban J connectivity index is 2.05. The predicted molar refractivity (Wildman–Crippen MR) is 67.3 cm³/mol. The Bertz CT molecular complexity index is 482. The minimum atomic E-state index is -0.482. The normalized spacial score (nSPS) is 11.8. The molecule has 0 radical (unpaired) electrons. The SMILES string of the molecule is NC(NC(=O)c1ccccc1)c1ccccc1. The summed E-state index contributed by atoms with van der Waals surface area (Å²) in [7, 11) is 0. The minimum Gasteiger partial charge on any atom is -0.333 e. The van der Waals surface area contributed by atoms with Crippen LogP contribution in [0.25, 0.3) is 0 Å². The van der Waals surface area contributed by atoms with Crippen molar-refractivity contribution in [2.45, 2.75) is 6.17 Å². The van der Waals surface area contributed by atoms with Crippen molar-refractivity contribution in [1.82, 2.24) is 5.32 Å². The van der Waals surface area contributed by atoms with E-state index < -0.39 is 6.17 Å². The summed E-state index contributed by atoms with van der Waals surface area (Å²) in [5.74, 6) is -0.165. The first-order chi connectivity index (χ1) is 8.27. The molecule has 0 aliphatic heterocycles. The summed E-state index contributed by atoms with van der Waals surface area (Å²) in [6.45, 7) is 0. The Labute approximate surface area is 100 Å². The van der Waals surface area contributed by atoms with E-state index in [1.165, 1.54) is 0 Å². The number of benzene rings is 2. The van der Waals surface area contributed by atoms with Crippen molar-refractivity contribution < 1.29 is 4.79 Å². The van der Waals surface area contributed by atoms with Gasteiger partial charge in [0.05, 0.1) is 0 Å². The molecule has 0 aliphatic rings. The first-order valence-electron chi connectivity index (χ1n) is 5.44. The average Bonchev–Trinajstić information content (AvgIpc) is 2.40. The van der Waals surface area contributed by atoms with E-state index in [0.717, 1.165) is 5.56 Å². The molecule has 2 aromatic rings. The molecule has 2 rings (SSSR count). The van der Waals surface area contributed by atoms with Crippen molar-refractivity contribution in [3.8, 4) is 0 Å². The van der Waals surface area contributed by atoms with Gasteiger partial charge in [-0.3, -0.25) is 4.79 Å². The molecule has 17 heavy (non-hydrogen) atoms. The molecule has 3 N–H and O–H groups in total. The summed E-state index contributed by atoms with van der Waals surface area (Å²) in [5.41, 5.74) is 7.40. The fraction of sp³-hybridized carbons (Fsp3) is 0.0714. The van der Waals surface area contributed by atoms with Gasteiger partial charge in [-0.2, -0.15) is 0 Å². The molecule has 0 bridgehead atoms. The molecule has 1 amide bonds. The highest BCUT2D eigenvalue weighted by Gasteiger charge is 2.10. The first-order valence-corrected chi connectivity index (χ1v) is 5.44. The van der Waals surface area contributed by atoms with Crippen LogP contribution in [0.4, 0.5) is 0 Å². The number of carbonyl (C=O) groups is 1. The number of carbonyl (C=O) groups excluding carboxylic acids is 1. The van der Waals surface area contributed by atoms with E-state index in [1.807, 2.05) is 48.5 Å². The molecule has 1 atom stereocenters. The third-order valence-corrected chi connectivity index (χ3v) is 2.48. The Morgan fingerprint density at radius 3 is 2.06 bits per heavy atom. The molecule has 86 valence electrons. The van der Waals surface area contributed by atoms with Crippen LogP contribution in [-0.2, 0) is 0 Å². The first kappa shape index (κ1) is 11.4. The number of hydrogen-bond donors (Lipinski definition) is 2. The van der Waals surface area contributed by atoms with Crippen molar-refractivity contribution >= 4 is 5.91 Å². The quantitative estimate of drug-likeness (QED) is 0.787. The molecule has 0 saturated heterocycles. The molecule has 3 heteroatoms. The second-order valence-corrected chi connectivity index (χ2v) is 3.73. The average molecular weight is 226 g/mol. The maximum absolute atomic E-state index is 11.8. The maximum atomic E-state index is 11.8. The van der Waals surface area contributed by atoms with Gasteiger partial charge in [0.25, 0.3) is 5.91 Å². The monoisotopic (exact) mass is 226 g/mol. The van der Waals surface area contributed by atoms with Gasteiger partial charge in [-0.15, -0.1) is 0 Å². The molecular formula is C14H14N2O. The lowest BCUT2D eigenvalue weighted by Gasteiger charge is -2.14. The highest BCUT2D eigenvalue weighted by molar-refractivity contribution is 5.94. The molecule has 1 unspecified atom stereocenters. The fourth-order valence-corrected chi connectivity index (χ4v) is 1.56. The zero-order valence-corrected chi connectivity index (χ0v) is 9.34. The number of amides is 1. The van der Waals surface area contributed by atoms with Crippen LogP contribution in [0, 0.1) is 0 Å². The zero-order chi connectivity index (χ0) is 12.1. The smallest absolute Gasteiger partial charge is 0.252 e. The van der Waals surface area contributed by atoms with E-state index in [-0.39, 0.29) is 5.91 Å². The molecule has 0 fully saturated rings. The number of nitrogens with two attached hydrogens (primary N) is 1. The molecule has 0 spiro atoms. The van der Waals surface area contributed by atoms with Crippen LogP contribution in [-0.4, -0.2) is 5.91 Å². The van der Waals surface area contributed by atoms with Crippen LogP contribution in [0.3, 0.4) is 0 Å². The molecule has 0 aromatic heterocycles. The standard InChI is InChI=1S/C14H14N2O/c15-13(11-7-3-1-4-8-11)16-14(17)12-9-5-2-6-10-12/h1-10,13H,15H2,(H,16,17). The summed E-state index contributed by atoms with van der Waals surface area (Å²) in [4.78, 5) is 11.8. The van der Waals surface area contributed by atoms with E-state index in [9.17, 15) is 4.79 Å². The maximum Gasteiger partial charge on any atom is 0.252 e. The third kappa shape index (κ3) is 2.92. The van der Waals surface area contributed by atoms with E-state index in [1.54, 1.807) is 12.1 Å². The van der Waals surface area contributed by atoms with Gasteiger partial charge in [0.1, 0.15) is 6.17 Å². The van der Waals surface area contributed by atoms with Gasteiger partial charge in [0, 0.05) is 5.56 Å². The molecule has 0 heterocycles. The molecule has 2 aromatic carbocycles. The van der Waals surface area contributed by atoms with Gasteiger partial charge >= 0.3 is 0 Å². The van der Waals surface area contributed by atoms with Crippen molar-refractivity contribution in [2.24, 2.45) is 5.73 Å². The summed E-state index contributed by atoms with van der Waals surface area (Å²) in [6.07, 6.45) is -0.482. The van der Waals surface area contributed by atoms with Crippen LogP contribution in [0.5, 0.6) is 0 Å². The number of nitrogens with one attached hydrogen (secondary N) is 1. The van der Waals surface area contributed by atoms with Gasteiger partial charge in [-0.25, -0.2) is 0 Å². The number of rotatable bonds is 3. The van der Waals surface area contributed by atoms with E-state index in [0.29, 0.717) is 5.56 Å². The van der Waals surface area contributed by atoms with E-state index in [4.69, 9.17) is 5.73 Å². The second kappa shape index (κ2) is 5.27. The van der Waals surface area contributed by atoms with E-state index >= 15 is 0 Å². The van der Waals surface area contributed by atoms with Crippen LogP contribution in [0.1, 0.15) is 22.1 Å². The van der Waals surface area contributed by atoms with Crippen molar-refractivity contribution in [1.29, 1.82) is 0 Å². The highest BCUT2D eigenvalue weighted by Crippen LogP contribution is 2.07. The largest absolute Gasteiger partial charge is 0.333 e. The minimum absolute atomic E-state index is 0.165. The van der Waals surface area contributed by atoms with Gasteiger partial charge in [0.15, 0.2) is 0 Å². The van der Waals surface area contributed by atoms with Gasteiger partial charge in [-0.1, -0.05) is 48.5 Å². The van der Waals surface area contributed by atoms with Crippen LogP contribution in [0.2, 0.25) is 0 Å². The molecular weight excluding hydrogens is 212 g/mol. The molecule has 0 aliphatic carbocycles. The van der Waals surface area contributed by atoms with Gasteiger partial charge < -0.3 is 11.1 Å². The summed E-state index contributed by atoms with van der Waals surface area (Å²) >= 11 is 0. The van der Waals surface area contributed by atoms with Crippen LogP contribution in [0.15, 0.2) is 60.7 Å². The second-order valence-electron chi connectivity index (χ2n) is 3.73. The van der Waals surface area contributed by atoms with E-state index in [2.05, 4.69) is 5.32 Å². The van der Waals surface area contributed by atoms with Crippen molar-refractivity contribution in [2.75, 3.05) is 0 Å². The highest BCUT2D eigenvalue weighted by atomic mass is 16.1. The lowest BCUT2D eigenvalue weighted by Crippen LogP contribution is -2.33. The Morgan fingerprint density at radius 2 is 1.47 bits per heavy atom. The Hall–Kier alpha value is -2.13. The predicted octanol–water partition coefficient (Wildman–Crippen LogP) is 2.07. The Kier molecular flexibility index (Phi) is 3.52. The Morgan fingerprint density at radius 1 is 0.941 bits per heavy atom. The number of hydrogen-bond acceptors (Lipinski definition) is 2. The summed E-state index contributed by atoms with van der Waals surface area (Å²) in [6, 6.07) is 18.5. The lowest BCUT2D eigenvalue weighted by atomic mass is 10.1.